The normalized spacial score (nSPS) is 47.8. The first-order chi connectivity index (χ1) is 24.1. The zero-order chi connectivity index (χ0) is 37.9. The molecule has 0 bridgehead atoms. The Morgan fingerprint density at radius 3 is 1.27 bits per heavy atom. The van der Waals surface area contributed by atoms with Crippen molar-refractivity contribution in [1.82, 2.24) is 10.6 Å². The molecule has 4 fully saturated rings. The second-order valence-corrected chi connectivity index (χ2v) is 12.6. The summed E-state index contributed by atoms with van der Waals surface area (Å²) in [6.07, 6.45) is -31.2. The number of aliphatic hydroxyl groups is 12. The highest BCUT2D eigenvalue weighted by atomic mass is 16.8. The van der Waals surface area contributed by atoms with Crippen LogP contribution in [-0.4, -0.2) is 222 Å². The maximum absolute atomic E-state index is 11.8. The Labute approximate surface area is 289 Å². The number of ether oxygens (including phenoxy) is 7. The Balaban J connectivity index is 1.46. The second kappa shape index (κ2) is 18.0. The van der Waals surface area contributed by atoms with Gasteiger partial charge in [-0.1, -0.05) is 0 Å². The minimum atomic E-state index is -2.04. The summed E-state index contributed by atoms with van der Waals surface area (Å²) in [6, 6.07) is -2.90. The third-order valence-electron chi connectivity index (χ3n) is 9.01. The Kier molecular flexibility index (Phi) is 14.8. The molecule has 4 heterocycles. The Bertz CT molecular complexity index is 1140. The first kappa shape index (κ1) is 41.9. The Hall–Kier alpha value is -1.82. The van der Waals surface area contributed by atoms with Crippen LogP contribution in [0.4, 0.5) is 0 Å². The van der Waals surface area contributed by atoms with Crippen LogP contribution < -0.4 is 10.6 Å². The van der Waals surface area contributed by atoms with Crippen molar-refractivity contribution in [3.8, 4) is 0 Å². The smallest absolute Gasteiger partial charge is 0.217 e. The molecule has 0 aliphatic carbocycles. The zero-order valence-corrected chi connectivity index (χ0v) is 27.4. The second-order valence-electron chi connectivity index (χ2n) is 12.6. The molecule has 0 saturated carbocycles. The van der Waals surface area contributed by atoms with Crippen LogP contribution >= 0.6 is 0 Å². The predicted octanol–water partition coefficient (Wildman–Crippen LogP) is -9.46. The lowest BCUT2D eigenvalue weighted by Gasteiger charge is -2.49. The lowest BCUT2D eigenvalue weighted by Crippen LogP contribution is -2.69. The molecule has 4 rings (SSSR count). The van der Waals surface area contributed by atoms with Crippen molar-refractivity contribution in [2.24, 2.45) is 0 Å². The molecule has 0 aromatic rings. The van der Waals surface area contributed by atoms with Gasteiger partial charge in [-0.05, 0) is 0 Å². The fourth-order valence-electron chi connectivity index (χ4n) is 6.36. The Morgan fingerprint density at radius 2 is 0.843 bits per heavy atom. The summed E-state index contributed by atoms with van der Waals surface area (Å²) >= 11 is 0. The first-order valence-electron chi connectivity index (χ1n) is 16.1. The van der Waals surface area contributed by atoms with E-state index in [0.29, 0.717) is 0 Å². The van der Waals surface area contributed by atoms with Crippen molar-refractivity contribution < 1.29 is 104 Å². The Morgan fingerprint density at radius 1 is 0.471 bits per heavy atom. The number of carbonyl (C=O) groups is 2. The number of aliphatic hydroxyl groups excluding tert-OH is 12. The molecule has 20 atom stereocenters. The average molecular weight is 749 g/mol. The first-order valence-corrected chi connectivity index (χ1v) is 16.1. The van der Waals surface area contributed by atoms with Gasteiger partial charge in [0.25, 0.3) is 0 Å². The number of nitrogens with one attached hydrogen (secondary N) is 2. The molecule has 0 aromatic heterocycles. The van der Waals surface area contributed by atoms with Crippen molar-refractivity contribution in [3.63, 3.8) is 0 Å². The highest BCUT2D eigenvalue weighted by molar-refractivity contribution is 5.73. The van der Waals surface area contributed by atoms with E-state index in [1.807, 2.05) is 0 Å². The zero-order valence-electron chi connectivity index (χ0n) is 27.4. The number of amides is 2. The van der Waals surface area contributed by atoms with Crippen molar-refractivity contribution >= 4 is 11.8 Å². The summed E-state index contributed by atoms with van der Waals surface area (Å²) in [5, 5.41) is 130. The monoisotopic (exact) mass is 748 g/mol. The van der Waals surface area contributed by atoms with Gasteiger partial charge in [-0.2, -0.15) is 0 Å². The lowest BCUT2D eigenvalue weighted by atomic mass is 9.94. The van der Waals surface area contributed by atoms with Gasteiger partial charge in [0.05, 0.1) is 26.4 Å². The molecular formula is C28H48N2O21. The fraction of sp³-hybridized carbons (Fsp3) is 0.929. The number of hydrogen-bond acceptors (Lipinski definition) is 21. The van der Waals surface area contributed by atoms with Crippen LogP contribution in [0.25, 0.3) is 0 Å². The van der Waals surface area contributed by atoms with Crippen molar-refractivity contribution in [1.29, 1.82) is 0 Å². The molecule has 0 radical (unpaired) electrons. The van der Waals surface area contributed by atoms with E-state index in [2.05, 4.69) is 10.6 Å². The van der Waals surface area contributed by atoms with Crippen LogP contribution in [0.5, 0.6) is 0 Å². The maximum Gasteiger partial charge on any atom is 0.217 e. The van der Waals surface area contributed by atoms with E-state index < -0.39 is 161 Å². The standard InChI is InChI=1S/C28H48N2O21/c1-7(35)29-13-17(39)22(10(4-32)45-25(13)44)50-27-21(43)19(41)24(12(6-34)48-27)51-28-20(42)18(40)23(11(5-33)47-28)49-26-14(30-8(2)36)16(38)15(37)9(3-31)46-26/h9-28,31-34,37-44H,3-6H2,1-2H3,(H,29,35)(H,30,36)/t9-,10-,11-,12-,13-,14-,15-,16-,17-,18-,19-,20-,21-,22-,23-,24-,25-,26+,27+,28+/m1/s1. The number of carbonyl (C=O) groups excluding carboxylic acids is 2. The van der Waals surface area contributed by atoms with E-state index in [9.17, 15) is 70.9 Å². The molecule has 0 aromatic carbocycles. The summed E-state index contributed by atoms with van der Waals surface area (Å²) < 4.78 is 38.9. The van der Waals surface area contributed by atoms with Crippen LogP contribution in [0.3, 0.4) is 0 Å². The molecule has 296 valence electrons. The molecule has 14 N–H and O–H groups in total. The van der Waals surface area contributed by atoms with Crippen LogP contribution in [0, 0.1) is 0 Å². The van der Waals surface area contributed by atoms with Crippen molar-refractivity contribution in [2.75, 3.05) is 26.4 Å². The highest BCUT2D eigenvalue weighted by Crippen LogP contribution is 2.34. The average Bonchev–Trinajstić information content (AvgIpc) is 3.09. The highest BCUT2D eigenvalue weighted by Gasteiger charge is 2.55. The lowest BCUT2D eigenvalue weighted by molar-refractivity contribution is -0.382. The van der Waals surface area contributed by atoms with Crippen molar-refractivity contribution in [3.05, 3.63) is 0 Å². The summed E-state index contributed by atoms with van der Waals surface area (Å²) in [6.45, 7) is -1.23. The van der Waals surface area contributed by atoms with Gasteiger partial charge >= 0.3 is 0 Å². The SMILES string of the molecule is CC(=O)N[C@@H]1[C@@H](O)[C@H](O[C@@H]2O[C@H](CO)[C@@H](O[C@@H]3O[C@H](CO)[C@@H](O[C@@H]4O[C@H](CO)[C@@H](O)[C@H](O)[C@H]4NC(C)=O)[C@H](O)[C@H]3O)[C@H](O)[C@H]2O)[C@@H](CO)O[C@H]1O. The van der Waals surface area contributed by atoms with Gasteiger partial charge in [-0.3, -0.25) is 9.59 Å². The minimum absolute atomic E-state index is 0.656. The third kappa shape index (κ3) is 9.11. The van der Waals surface area contributed by atoms with Gasteiger partial charge in [-0.15, -0.1) is 0 Å². The quantitative estimate of drug-likeness (QED) is 0.0881. The molecule has 23 nitrogen and oxygen atoms in total. The van der Waals surface area contributed by atoms with Gasteiger partial charge < -0.3 is 105 Å². The van der Waals surface area contributed by atoms with Gasteiger partial charge in [0.1, 0.15) is 97.5 Å². The summed E-state index contributed by atoms with van der Waals surface area (Å²) in [4.78, 5) is 23.4. The fourth-order valence-corrected chi connectivity index (χ4v) is 6.36. The summed E-state index contributed by atoms with van der Waals surface area (Å²) in [5.74, 6) is -1.33. The maximum atomic E-state index is 11.8. The van der Waals surface area contributed by atoms with E-state index in [1.165, 1.54) is 0 Å². The van der Waals surface area contributed by atoms with Gasteiger partial charge in [0.15, 0.2) is 25.2 Å². The third-order valence-corrected chi connectivity index (χ3v) is 9.01. The topological polar surface area (TPSA) is 366 Å². The predicted molar refractivity (Wildman–Crippen MR) is 157 cm³/mol. The van der Waals surface area contributed by atoms with E-state index in [4.69, 9.17) is 33.2 Å². The molecule has 23 heteroatoms. The van der Waals surface area contributed by atoms with Crippen LogP contribution in [0.1, 0.15) is 13.8 Å². The van der Waals surface area contributed by atoms with Crippen LogP contribution in [0.15, 0.2) is 0 Å². The molecular weight excluding hydrogens is 700 g/mol. The van der Waals surface area contributed by atoms with Gasteiger partial charge in [0, 0.05) is 13.8 Å². The van der Waals surface area contributed by atoms with Crippen LogP contribution in [-0.2, 0) is 42.7 Å². The van der Waals surface area contributed by atoms with E-state index in [-0.39, 0.29) is 0 Å². The van der Waals surface area contributed by atoms with Crippen molar-refractivity contribution in [2.45, 2.75) is 137 Å². The molecule has 51 heavy (non-hydrogen) atoms. The molecule has 0 spiro atoms. The molecule has 0 unspecified atom stereocenters. The van der Waals surface area contributed by atoms with E-state index in [1.54, 1.807) is 0 Å². The van der Waals surface area contributed by atoms with E-state index >= 15 is 0 Å². The number of rotatable bonds is 12. The molecule has 4 saturated heterocycles. The van der Waals surface area contributed by atoms with Gasteiger partial charge in [0.2, 0.25) is 11.8 Å². The molecule has 2 amide bonds. The van der Waals surface area contributed by atoms with Crippen LogP contribution in [0.2, 0.25) is 0 Å². The summed E-state index contributed by atoms with van der Waals surface area (Å²) in [5.41, 5.74) is 0. The summed E-state index contributed by atoms with van der Waals surface area (Å²) in [7, 11) is 0. The van der Waals surface area contributed by atoms with Gasteiger partial charge in [-0.25, -0.2) is 0 Å². The van der Waals surface area contributed by atoms with E-state index in [0.717, 1.165) is 13.8 Å². The molecule has 4 aliphatic heterocycles. The minimum Gasteiger partial charge on any atom is -0.394 e. The number of hydrogen-bond donors (Lipinski definition) is 14. The largest absolute Gasteiger partial charge is 0.394 e. The molecule has 4 aliphatic rings.